The summed E-state index contributed by atoms with van der Waals surface area (Å²) in [4.78, 5) is 13.8. The molecule has 0 bridgehead atoms. The van der Waals surface area contributed by atoms with Crippen LogP contribution < -0.4 is 4.74 Å². The van der Waals surface area contributed by atoms with E-state index in [0.717, 1.165) is 18.8 Å². The SMILES string of the molecule is CC(C)Oc1cccc(CN2CCC(=O)C[C@@H]2C)c1. The van der Waals surface area contributed by atoms with Crippen molar-refractivity contribution in [1.82, 2.24) is 4.90 Å². The van der Waals surface area contributed by atoms with E-state index >= 15 is 0 Å². The number of ketones is 1. The molecule has 104 valence electrons. The predicted octanol–water partition coefficient (Wildman–Crippen LogP) is 3.03. The van der Waals surface area contributed by atoms with Crippen LogP contribution in [-0.4, -0.2) is 29.4 Å². The van der Waals surface area contributed by atoms with Gasteiger partial charge in [0.1, 0.15) is 11.5 Å². The monoisotopic (exact) mass is 261 g/mol. The smallest absolute Gasteiger partial charge is 0.135 e. The third-order valence-electron chi connectivity index (χ3n) is 3.48. The average molecular weight is 261 g/mol. The first-order chi connectivity index (χ1) is 9.04. The topological polar surface area (TPSA) is 29.5 Å². The maximum atomic E-state index is 11.4. The van der Waals surface area contributed by atoms with Gasteiger partial charge in [0, 0.05) is 32.0 Å². The van der Waals surface area contributed by atoms with Crippen LogP contribution in [0.4, 0.5) is 0 Å². The first-order valence-electron chi connectivity index (χ1n) is 7.06. The summed E-state index contributed by atoms with van der Waals surface area (Å²) in [5, 5.41) is 0. The fraction of sp³-hybridized carbons (Fsp3) is 0.562. The van der Waals surface area contributed by atoms with E-state index < -0.39 is 0 Å². The highest BCUT2D eigenvalue weighted by Gasteiger charge is 2.23. The van der Waals surface area contributed by atoms with Gasteiger partial charge in [-0.1, -0.05) is 12.1 Å². The molecule has 1 aromatic rings. The molecule has 0 radical (unpaired) electrons. The van der Waals surface area contributed by atoms with E-state index in [1.807, 2.05) is 26.0 Å². The second-order valence-corrected chi connectivity index (χ2v) is 5.63. The summed E-state index contributed by atoms with van der Waals surface area (Å²) >= 11 is 0. The summed E-state index contributed by atoms with van der Waals surface area (Å²) < 4.78 is 5.72. The van der Waals surface area contributed by atoms with Crippen molar-refractivity contribution in [2.75, 3.05) is 6.54 Å². The largest absolute Gasteiger partial charge is 0.491 e. The van der Waals surface area contributed by atoms with E-state index in [9.17, 15) is 4.79 Å². The Balaban J connectivity index is 2.00. The molecule has 1 aromatic carbocycles. The number of piperidine rings is 1. The number of Topliss-reactive ketones (excluding diaryl/α,β-unsaturated/α-hetero) is 1. The lowest BCUT2D eigenvalue weighted by molar-refractivity contribution is -0.123. The Labute approximate surface area is 115 Å². The van der Waals surface area contributed by atoms with Crippen LogP contribution in [0.2, 0.25) is 0 Å². The van der Waals surface area contributed by atoms with Gasteiger partial charge in [-0.25, -0.2) is 0 Å². The lowest BCUT2D eigenvalue weighted by Crippen LogP contribution is -2.40. The Morgan fingerprint density at radius 3 is 2.89 bits per heavy atom. The van der Waals surface area contributed by atoms with Crippen molar-refractivity contribution < 1.29 is 9.53 Å². The molecule has 0 aromatic heterocycles. The van der Waals surface area contributed by atoms with E-state index in [4.69, 9.17) is 4.74 Å². The minimum Gasteiger partial charge on any atom is -0.491 e. The average Bonchev–Trinajstić information content (AvgIpc) is 2.32. The minimum absolute atomic E-state index is 0.196. The molecule has 0 N–H and O–H groups in total. The fourth-order valence-corrected chi connectivity index (χ4v) is 2.51. The summed E-state index contributed by atoms with van der Waals surface area (Å²) in [6, 6.07) is 8.59. The van der Waals surface area contributed by atoms with Crippen LogP contribution in [0, 0.1) is 0 Å². The highest BCUT2D eigenvalue weighted by Crippen LogP contribution is 2.20. The molecular weight excluding hydrogens is 238 g/mol. The van der Waals surface area contributed by atoms with Crippen molar-refractivity contribution in [3.05, 3.63) is 29.8 Å². The molecule has 0 amide bonds. The number of carbonyl (C=O) groups excluding carboxylic acids is 1. The second-order valence-electron chi connectivity index (χ2n) is 5.63. The van der Waals surface area contributed by atoms with Gasteiger partial charge < -0.3 is 4.74 Å². The molecule has 1 atom stereocenters. The highest BCUT2D eigenvalue weighted by molar-refractivity contribution is 5.79. The van der Waals surface area contributed by atoms with Crippen molar-refractivity contribution in [3.8, 4) is 5.75 Å². The van der Waals surface area contributed by atoms with E-state index in [-0.39, 0.29) is 6.10 Å². The molecule has 1 heterocycles. The van der Waals surface area contributed by atoms with E-state index in [1.165, 1.54) is 5.56 Å². The van der Waals surface area contributed by atoms with Gasteiger partial charge in [-0.2, -0.15) is 0 Å². The normalized spacial score (nSPS) is 20.8. The van der Waals surface area contributed by atoms with Gasteiger partial charge in [0.15, 0.2) is 0 Å². The zero-order valence-electron chi connectivity index (χ0n) is 12.1. The van der Waals surface area contributed by atoms with E-state index in [1.54, 1.807) is 0 Å². The highest BCUT2D eigenvalue weighted by atomic mass is 16.5. The Kier molecular flexibility index (Phi) is 4.59. The molecule has 0 aliphatic carbocycles. The maximum absolute atomic E-state index is 11.4. The molecule has 1 aliphatic heterocycles. The van der Waals surface area contributed by atoms with Crippen LogP contribution in [-0.2, 0) is 11.3 Å². The van der Waals surface area contributed by atoms with Gasteiger partial charge in [-0.3, -0.25) is 9.69 Å². The number of nitrogens with zero attached hydrogens (tertiary/aromatic N) is 1. The van der Waals surface area contributed by atoms with Crippen LogP contribution in [0.1, 0.15) is 39.2 Å². The summed E-state index contributed by atoms with van der Waals surface area (Å²) in [6.07, 6.45) is 1.57. The van der Waals surface area contributed by atoms with Gasteiger partial charge in [0.05, 0.1) is 6.10 Å². The fourth-order valence-electron chi connectivity index (χ4n) is 2.51. The van der Waals surface area contributed by atoms with Gasteiger partial charge in [0.2, 0.25) is 0 Å². The first kappa shape index (κ1) is 14.1. The summed E-state index contributed by atoms with van der Waals surface area (Å²) in [7, 11) is 0. The Morgan fingerprint density at radius 2 is 2.21 bits per heavy atom. The van der Waals surface area contributed by atoms with Crippen LogP contribution >= 0.6 is 0 Å². The van der Waals surface area contributed by atoms with Crippen molar-refractivity contribution in [2.24, 2.45) is 0 Å². The standard InChI is InChI=1S/C16H23NO2/c1-12(2)19-16-6-4-5-14(10-16)11-17-8-7-15(18)9-13(17)3/h4-6,10,12-13H,7-9,11H2,1-3H3/t13-/m0/s1. The van der Waals surface area contributed by atoms with Crippen LogP contribution in [0.25, 0.3) is 0 Å². The quantitative estimate of drug-likeness (QED) is 0.834. The van der Waals surface area contributed by atoms with Gasteiger partial charge in [-0.15, -0.1) is 0 Å². The van der Waals surface area contributed by atoms with Crippen molar-refractivity contribution in [2.45, 2.75) is 52.3 Å². The third kappa shape index (κ3) is 4.06. The summed E-state index contributed by atoms with van der Waals surface area (Å²) in [5.41, 5.74) is 1.25. The molecular formula is C16H23NO2. The first-order valence-corrected chi connectivity index (χ1v) is 7.06. The zero-order chi connectivity index (χ0) is 13.8. The molecule has 2 rings (SSSR count). The molecule has 3 nitrogen and oxygen atoms in total. The maximum Gasteiger partial charge on any atom is 0.135 e. The number of likely N-dealkylation sites (tertiary alicyclic amines) is 1. The molecule has 19 heavy (non-hydrogen) atoms. The molecule has 0 unspecified atom stereocenters. The Bertz CT molecular complexity index is 442. The predicted molar refractivity (Wildman–Crippen MR) is 76.3 cm³/mol. The van der Waals surface area contributed by atoms with E-state index in [0.29, 0.717) is 24.7 Å². The van der Waals surface area contributed by atoms with Crippen LogP contribution in [0.15, 0.2) is 24.3 Å². The minimum atomic E-state index is 0.196. The number of benzene rings is 1. The summed E-state index contributed by atoms with van der Waals surface area (Å²) in [5.74, 6) is 1.31. The zero-order valence-corrected chi connectivity index (χ0v) is 12.1. The number of rotatable bonds is 4. The lowest BCUT2D eigenvalue weighted by Gasteiger charge is -2.32. The number of carbonyl (C=O) groups is 1. The molecule has 3 heteroatoms. The molecule has 1 saturated heterocycles. The second kappa shape index (κ2) is 6.20. The van der Waals surface area contributed by atoms with Gasteiger partial charge >= 0.3 is 0 Å². The number of ether oxygens (including phenoxy) is 1. The van der Waals surface area contributed by atoms with Crippen LogP contribution in [0.3, 0.4) is 0 Å². The number of hydrogen-bond donors (Lipinski definition) is 0. The van der Waals surface area contributed by atoms with Crippen LogP contribution in [0.5, 0.6) is 5.75 Å². The molecule has 1 fully saturated rings. The lowest BCUT2D eigenvalue weighted by atomic mass is 10.0. The summed E-state index contributed by atoms with van der Waals surface area (Å²) in [6.45, 7) is 7.96. The Hall–Kier alpha value is -1.35. The van der Waals surface area contributed by atoms with Crippen molar-refractivity contribution in [3.63, 3.8) is 0 Å². The van der Waals surface area contributed by atoms with Crippen molar-refractivity contribution in [1.29, 1.82) is 0 Å². The van der Waals surface area contributed by atoms with Crippen molar-refractivity contribution >= 4 is 5.78 Å². The Morgan fingerprint density at radius 1 is 1.42 bits per heavy atom. The molecule has 1 aliphatic rings. The van der Waals surface area contributed by atoms with Gasteiger partial charge in [0.25, 0.3) is 0 Å². The molecule has 0 saturated carbocycles. The van der Waals surface area contributed by atoms with Gasteiger partial charge in [-0.05, 0) is 38.5 Å². The third-order valence-corrected chi connectivity index (χ3v) is 3.48. The molecule has 0 spiro atoms. The van der Waals surface area contributed by atoms with E-state index in [2.05, 4.69) is 24.0 Å². The number of hydrogen-bond acceptors (Lipinski definition) is 3.